The Balaban J connectivity index is 2.75. The molecule has 1 unspecified atom stereocenters. The third kappa shape index (κ3) is 2.92. The van der Waals surface area contributed by atoms with E-state index in [1.165, 1.54) is 0 Å². The first-order valence-corrected chi connectivity index (χ1v) is 6.54. The van der Waals surface area contributed by atoms with Crippen molar-refractivity contribution in [2.75, 3.05) is 0 Å². The van der Waals surface area contributed by atoms with Crippen LogP contribution in [0.15, 0.2) is 30.3 Å². The average molecular weight is 212 g/mol. The average Bonchev–Trinajstić information content (AvgIpc) is 2.18. The molecule has 78 valence electrons. The molecular weight excluding hydrogens is 196 g/mol. The molecule has 0 aliphatic heterocycles. The second kappa shape index (κ2) is 4.70. The van der Waals surface area contributed by atoms with Crippen LogP contribution in [0.4, 0.5) is 0 Å². The van der Waals surface area contributed by atoms with Crippen molar-refractivity contribution in [3.63, 3.8) is 0 Å². The quantitative estimate of drug-likeness (QED) is 0.720. The maximum Gasteiger partial charge on any atom is 0.531 e. The number of benzene rings is 1. The molecule has 3 nitrogen and oxygen atoms in total. The largest absolute Gasteiger partial charge is 0.531 e. The van der Waals surface area contributed by atoms with Gasteiger partial charge in [-0.15, -0.1) is 0 Å². The lowest BCUT2D eigenvalue weighted by atomic mass is 10.3. The molecule has 1 rings (SSSR count). The second-order valence-corrected chi connectivity index (χ2v) is 5.34. The van der Waals surface area contributed by atoms with Crippen molar-refractivity contribution in [1.82, 2.24) is 0 Å². The summed E-state index contributed by atoms with van der Waals surface area (Å²) in [5, 5.41) is 0.486. The molecule has 0 aliphatic rings. The molecule has 4 heteroatoms. The summed E-state index contributed by atoms with van der Waals surface area (Å²) < 4.78 is 5.22. The molecule has 0 heterocycles. The topological polar surface area (TPSA) is 49.7 Å². The molecule has 0 aromatic heterocycles. The number of hydrogen-bond donors (Lipinski definition) is 2. The Bertz CT molecular complexity index is 274. The SMILES string of the molecule is CCC(C)O[Si](O)(O)c1ccccc1. The fourth-order valence-corrected chi connectivity index (χ4v) is 2.58. The van der Waals surface area contributed by atoms with E-state index in [0.717, 1.165) is 6.42 Å². The molecule has 14 heavy (non-hydrogen) atoms. The van der Waals surface area contributed by atoms with E-state index >= 15 is 0 Å². The van der Waals surface area contributed by atoms with Crippen molar-refractivity contribution in [2.45, 2.75) is 26.4 Å². The van der Waals surface area contributed by atoms with Crippen LogP contribution in [0.25, 0.3) is 0 Å². The van der Waals surface area contributed by atoms with Gasteiger partial charge in [0.15, 0.2) is 0 Å². The summed E-state index contributed by atoms with van der Waals surface area (Å²) in [6, 6.07) is 8.72. The van der Waals surface area contributed by atoms with Gasteiger partial charge in [-0.2, -0.15) is 0 Å². The highest BCUT2D eigenvalue weighted by Crippen LogP contribution is 2.05. The van der Waals surface area contributed by atoms with E-state index < -0.39 is 8.80 Å². The molecule has 1 aromatic carbocycles. The molecule has 0 spiro atoms. The Morgan fingerprint density at radius 3 is 2.36 bits per heavy atom. The summed E-state index contributed by atoms with van der Waals surface area (Å²) in [5.41, 5.74) is 0. The highest BCUT2D eigenvalue weighted by atomic mass is 28.4. The zero-order chi connectivity index (χ0) is 10.6. The van der Waals surface area contributed by atoms with Crippen molar-refractivity contribution in [1.29, 1.82) is 0 Å². The van der Waals surface area contributed by atoms with E-state index in [4.69, 9.17) is 4.43 Å². The molecule has 0 aliphatic carbocycles. The third-order valence-electron chi connectivity index (χ3n) is 2.09. The molecular formula is C10H16O3Si. The summed E-state index contributed by atoms with van der Waals surface area (Å²) in [6.45, 7) is 3.78. The molecule has 0 saturated carbocycles. The van der Waals surface area contributed by atoms with Gasteiger partial charge in [0.05, 0.1) is 0 Å². The fourth-order valence-electron chi connectivity index (χ4n) is 1.09. The zero-order valence-corrected chi connectivity index (χ0v) is 9.47. The van der Waals surface area contributed by atoms with Crippen LogP contribution in [-0.2, 0) is 4.43 Å². The Morgan fingerprint density at radius 2 is 1.86 bits per heavy atom. The predicted molar refractivity (Wildman–Crippen MR) is 57.1 cm³/mol. The summed E-state index contributed by atoms with van der Waals surface area (Å²) in [4.78, 5) is 19.5. The van der Waals surface area contributed by atoms with E-state index in [9.17, 15) is 9.59 Å². The van der Waals surface area contributed by atoms with E-state index in [0.29, 0.717) is 5.19 Å². The van der Waals surface area contributed by atoms with Crippen LogP contribution in [0, 0.1) is 0 Å². The van der Waals surface area contributed by atoms with Gasteiger partial charge in [-0.25, -0.2) is 0 Å². The van der Waals surface area contributed by atoms with Crippen LogP contribution in [0.1, 0.15) is 20.3 Å². The molecule has 0 amide bonds. The van der Waals surface area contributed by atoms with Crippen LogP contribution >= 0.6 is 0 Å². The summed E-state index contributed by atoms with van der Waals surface area (Å²) >= 11 is 0. The van der Waals surface area contributed by atoms with Crippen LogP contribution < -0.4 is 5.19 Å². The minimum Gasteiger partial charge on any atom is -0.386 e. The Labute approximate surface area is 85.3 Å². The van der Waals surface area contributed by atoms with Crippen molar-refractivity contribution < 1.29 is 14.0 Å². The number of rotatable bonds is 4. The van der Waals surface area contributed by atoms with Gasteiger partial charge in [0.2, 0.25) is 0 Å². The first-order chi connectivity index (χ1) is 6.56. The molecule has 0 fully saturated rings. The van der Waals surface area contributed by atoms with Gasteiger partial charge >= 0.3 is 8.80 Å². The van der Waals surface area contributed by atoms with Gasteiger partial charge in [-0.05, 0) is 13.3 Å². The number of hydrogen-bond acceptors (Lipinski definition) is 3. The summed E-state index contributed by atoms with van der Waals surface area (Å²) in [7, 11) is -3.66. The molecule has 1 atom stereocenters. The van der Waals surface area contributed by atoms with Crippen molar-refractivity contribution in [3.8, 4) is 0 Å². The van der Waals surface area contributed by atoms with Crippen LogP contribution in [-0.4, -0.2) is 24.5 Å². The van der Waals surface area contributed by atoms with E-state index in [-0.39, 0.29) is 6.10 Å². The minimum atomic E-state index is -3.66. The van der Waals surface area contributed by atoms with Crippen molar-refractivity contribution in [2.24, 2.45) is 0 Å². The van der Waals surface area contributed by atoms with E-state index in [1.807, 2.05) is 19.9 Å². The summed E-state index contributed by atoms with van der Waals surface area (Å²) in [5.74, 6) is 0. The normalized spacial score (nSPS) is 14.0. The zero-order valence-electron chi connectivity index (χ0n) is 8.47. The van der Waals surface area contributed by atoms with Gasteiger partial charge in [-0.3, -0.25) is 0 Å². The standard InChI is InChI=1S/C10H16O3Si/c1-3-9(2)13-14(11,12)10-7-5-4-6-8-10/h4-9,11-12H,3H2,1-2H3. The van der Waals surface area contributed by atoms with Gasteiger partial charge < -0.3 is 14.0 Å². The molecule has 0 radical (unpaired) electrons. The smallest absolute Gasteiger partial charge is 0.386 e. The maximum atomic E-state index is 9.76. The molecule has 0 saturated heterocycles. The Kier molecular flexibility index (Phi) is 3.83. The lowest BCUT2D eigenvalue weighted by Crippen LogP contribution is -2.53. The van der Waals surface area contributed by atoms with Gasteiger partial charge in [0.25, 0.3) is 0 Å². The molecule has 1 aromatic rings. The van der Waals surface area contributed by atoms with Gasteiger partial charge in [-0.1, -0.05) is 37.3 Å². The first kappa shape index (κ1) is 11.4. The van der Waals surface area contributed by atoms with E-state index in [1.54, 1.807) is 24.3 Å². The lowest BCUT2D eigenvalue weighted by molar-refractivity contribution is 0.109. The van der Waals surface area contributed by atoms with Crippen LogP contribution in [0.5, 0.6) is 0 Å². The highest BCUT2D eigenvalue weighted by molar-refractivity contribution is 6.72. The second-order valence-electron chi connectivity index (χ2n) is 3.31. The third-order valence-corrected chi connectivity index (χ3v) is 3.91. The molecule has 0 bridgehead atoms. The molecule has 2 N–H and O–H groups in total. The van der Waals surface area contributed by atoms with E-state index in [2.05, 4.69) is 0 Å². The van der Waals surface area contributed by atoms with Gasteiger partial charge in [0, 0.05) is 11.3 Å². The lowest BCUT2D eigenvalue weighted by Gasteiger charge is -2.21. The maximum absolute atomic E-state index is 9.76. The van der Waals surface area contributed by atoms with Crippen molar-refractivity contribution >= 4 is 14.0 Å². The Hall–Kier alpha value is -0.683. The first-order valence-electron chi connectivity index (χ1n) is 4.74. The predicted octanol–water partition coefficient (Wildman–Crippen LogP) is 0.632. The van der Waals surface area contributed by atoms with Crippen molar-refractivity contribution in [3.05, 3.63) is 30.3 Å². The van der Waals surface area contributed by atoms with Gasteiger partial charge in [0.1, 0.15) is 0 Å². The van der Waals surface area contributed by atoms with Crippen LogP contribution in [0.3, 0.4) is 0 Å². The summed E-state index contributed by atoms with van der Waals surface area (Å²) in [6.07, 6.45) is 0.639. The fraction of sp³-hybridized carbons (Fsp3) is 0.400. The van der Waals surface area contributed by atoms with Crippen LogP contribution in [0.2, 0.25) is 0 Å². The Morgan fingerprint density at radius 1 is 1.29 bits per heavy atom. The highest BCUT2D eigenvalue weighted by Gasteiger charge is 2.36. The monoisotopic (exact) mass is 212 g/mol. The minimum absolute atomic E-state index is 0.128.